The molecule has 0 atom stereocenters. The molecule has 2 aromatic carbocycles. The van der Waals surface area contributed by atoms with Gasteiger partial charge in [-0.25, -0.2) is 0 Å². The van der Waals surface area contributed by atoms with Gasteiger partial charge in [0.05, 0.1) is 9.35 Å². The number of aryl methyl sites for hydroxylation is 1. The fraction of sp³-hybridized carbons (Fsp3) is 0.385. The third-order valence-electron chi connectivity index (χ3n) is 5.04. The molecule has 0 fully saturated rings. The number of amides is 1. The Hall–Kier alpha value is -3.28. The molecule has 0 saturated carbocycles. The fourth-order valence-electron chi connectivity index (χ4n) is 3.41. The average molecular weight is 440 g/mol. The van der Waals surface area contributed by atoms with Gasteiger partial charge in [-0.1, -0.05) is 18.2 Å². The summed E-state index contributed by atoms with van der Waals surface area (Å²) < 4.78 is 29.3. The van der Waals surface area contributed by atoms with Crippen LogP contribution in [0.2, 0.25) is 0 Å². The van der Waals surface area contributed by atoms with Gasteiger partial charge < -0.3 is 19.2 Å². The van der Waals surface area contributed by atoms with Gasteiger partial charge in [0.25, 0.3) is 5.91 Å². The Morgan fingerprint density at radius 2 is 1.91 bits per heavy atom. The number of hydrogen-bond donors (Lipinski definition) is 1. The minimum atomic E-state index is -2.13. The van der Waals surface area contributed by atoms with Crippen LogP contribution in [0, 0.1) is 6.92 Å². The molecule has 3 aromatic rings. The van der Waals surface area contributed by atoms with Gasteiger partial charge in [-0.3, -0.25) is 9.59 Å². The van der Waals surface area contributed by atoms with Crippen molar-refractivity contribution in [3.63, 3.8) is 0 Å². The van der Waals surface area contributed by atoms with E-state index in [2.05, 4.69) is 0 Å². The van der Waals surface area contributed by atoms with E-state index in [1.54, 1.807) is 56.3 Å². The smallest absolute Gasteiger partial charge is 0.303 e. The van der Waals surface area contributed by atoms with Crippen molar-refractivity contribution in [3.8, 4) is 5.75 Å². The molecule has 0 bridgehead atoms. The molecular weight excluding hydrogens is 406 g/mol. The zero-order valence-electron chi connectivity index (χ0n) is 20.8. The lowest BCUT2D eigenvalue weighted by Gasteiger charge is -2.28. The fourth-order valence-corrected chi connectivity index (χ4v) is 3.41. The molecule has 1 heterocycles. The molecular formula is C26H31NO5. The number of benzene rings is 2. The molecule has 0 radical (unpaired) electrons. The van der Waals surface area contributed by atoms with Gasteiger partial charge in [0.1, 0.15) is 17.1 Å². The van der Waals surface area contributed by atoms with Crippen molar-refractivity contribution >= 4 is 22.8 Å². The van der Waals surface area contributed by atoms with Crippen LogP contribution >= 0.6 is 0 Å². The van der Waals surface area contributed by atoms with Gasteiger partial charge in [-0.15, -0.1) is 0 Å². The van der Waals surface area contributed by atoms with Gasteiger partial charge in [0.15, 0.2) is 0 Å². The minimum Gasteiger partial charge on any atom is -0.493 e. The first-order valence-electron chi connectivity index (χ1n) is 11.9. The molecule has 1 N–H and O–H groups in total. The summed E-state index contributed by atoms with van der Waals surface area (Å²) in [6.45, 7) is 3.60. The van der Waals surface area contributed by atoms with E-state index >= 15 is 0 Å². The molecule has 0 aliphatic carbocycles. The average Bonchev–Trinajstić information content (AvgIpc) is 3.15. The van der Waals surface area contributed by atoms with Crippen molar-refractivity contribution < 1.29 is 26.6 Å². The number of carboxylic acids is 1. The van der Waals surface area contributed by atoms with E-state index in [1.165, 1.54) is 4.90 Å². The van der Waals surface area contributed by atoms with E-state index in [9.17, 15) is 9.59 Å². The first kappa shape index (κ1) is 20.6. The number of carbonyl (C=O) groups excluding carboxylic acids is 1. The second-order valence-corrected chi connectivity index (χ2v) is 8.04. The van der Waals surface area contributed by atoms with Crippen LogP contribution in [0.5, 0.6) is 5.75 Å². The van der Waals surface area contributed by atoms with Crippen LogP contribution in [-0.2, 0) is 11.3 Å². The quantitative estimate of drug-likeness (QED) is 0.381. The first-order valence-corrected chi connectivity index (χ1v) is 10.9. The number of rotatable bonds is 11. The van der Waals surface area contributed by atoms with Gasteiger partial charge >= 0.3 is 5.97 Å². The monoisotopic (exact) mass is 439 g/mol. The van der Waals surface area contributed by atoms with Crippen molar-refractivity contribution in [1.82, 2.24) is 4.90 Å². The van der Waals surface area contributed by atoms with Crippen molar-refractivity contribution in [2.24, 2.45) is 0 Å². The summed E-state index contributed by atoms with van der Waals surface area (Å²) in [6, 6.07) is 13.3. The predicted molar refractivity (Wildman–Crippen MR) is 124 cm³/mol. The molecule has 3 rings (SSSR count). The summed E-state index contributed by atoms with van der Waals surface area (Å²) in [5.41, 5.74) is 1.32. The highest BCUT2D eigenvalue weighted by molar-refractivity contribution is 5.98. The lowest BCUT2D eigenvalue weighted by Crippen LogP contribution is -2.36. The van der Waals surface area contributed by atoms with E-state index in [1.807, 2.05) is 13.0 Å². The van der Waals surface area contributed by atoms with Crippen molar-refractivity contribution in [2.75, 3.05) is 6.61 Å². The predicted octanol–water partition coefficient (Wildman–Crippen LogP) is 5.82. The van der Waals surface area contributed by atoms with Crippen LogP contribution < -0.4 is 4.74 Å². The Morgan fingerprint density at radius 3 is 2.66 bits per heavy atom. The molecule has 1 amide bonds. The SMILES string of the molecule is [2H]C([2H])(c1ccccc1OCCCCCC(=O)O)N(C(=O)c1ccc2oc(C)cc2c1)C(C)C. The maximum Gasteiger partial charge on any atom is 0.303 e. The number of carbonyl (C=O) groups is 2. The number of para-hydroxylation sites is 1. The van der Waals surface area contributed by atoms with Crippen LogP contribution in [0.25, 0.3) is 11.0 Å². The normalized spacial score (nSPS) is 12.5. The largest absolute Gasteiger partial charge is 0.493 e. The molecule has 6 nitrogen and oxygen atoms in total. The van der Waals surface area contributed by atoms with Gasteiger partial charge in [-0.2, -0.15) is 0 Å². The van der Waals surface area contributed by atoms with E-state index < -0.39 is 24.4 Å². The van der Waals surface area contributed by atoms with Gasteiger partial charge in [-0.05, 0) is 70.4 Å². The highest BCUT2D eigenvalue weighted by atomic mass is 16.5. The first-order chi connectivity index (χ1) is 16.1. The molecule has 0 unspecified atom stereocenters. The van der Waals surface area contributed by atoms with Crippen LogP contribution in [0.3, 0.4) is 0 Å². The Balaban J connectivity index is 1.82. The Morgan fingerprint density at radius 1 is 1.12 bits per heavy atom. The third-order valence-corrected chi connectivity index (χ3v) is 5.04. The molecule has 170 valence electrons. The molecule has 0 saturated heterocycles. The highest BCUT2D eigenvalue weighted by Crippen LogP contribution is 2.25. The molecule has 0 aliphatic rings. The van der Waals surface area contributed by atoms with Crippen LogP contribution in [0.1, 0.15) is 64.0 Å². The molecule has 0 aliphatic heterocycles. The van der Waals surface area contributed by atoms with Gasteiger partial charge in [0.2, 0.25) is 0 Å². The topological polar surface area (TPSA) is 80.0 Å². The molecule has 0 spiro atoms. The lowest BCUT2D eigenvalue weighted by atomic mass is 10.1. The standard InChI is InChI=1S/C26H31NO5/c1-18(2)27(26(30)20-12-13-24-22(16-20)15-19(3)32-24)17-21-9-6-7-10-23(21)31-14-8-4-5-11-25(28)29/h6-7,9-10,12-13,15-16,18H,4-5,8,11,14,17H2,1-3H3,(H,28,29)/i17D2. The number of unbranched alkanes of at least 4 members (excludes halogenated alkanes) is 2. The lowest BCUT2D eigenvalue weighted by molar-refractivity contribution is -0.137. The summed E-state index contributed by atoms with van der Waals surface area (Å²) >= 11 is 0. The van der Waals surface area contributed by atoms with E-state index in [0.29, 0.717) is 42.8 Å². The summed E-state index contributed by atoms with van der Waals surface area (Å²) in [6.07, 6.45) is 2.04. The highest BCUT2D eigenvalue weighted by Gasteiger charge is 2.21. The third kappa shape index (κ3) is 6.13. The summed E-state index contributed by atoms with van der Waals surface area (Å²) in [5.74, 6) is -0.140. The summed E-state index contributed by atoms with van der Waals surface area (Å²) in [5, 5.41) is 9.53. The molecule has 32 heavy (non-hydrogen) atoms. The number of nitrogens with zero attached hydrogens (tertiary/aromatic N) is 1. The number of furan rings is 1. The van der Waals surface area contributed by atoms with Gasteiger partial charge in [0, 0.05) is 35.5 Å². The maximum atomic E-state index is 13.5. The summed E-state index contributed by atoms with van der Waals surface area (Å²) in [7, 11) is 0. The number of fused-ring (bicyclic) bond motifs is 1. The van der Waals surface area contributed by atoms with Crippen molar-refractivity contribution in [3.05, 3.63) is 65.4 Å². The van der Waals surface area contributed by atoms with Crippen molar-refractivity contribution in [1.29, 1.82) is 0 Å². The second-order valence-electron chi connectivity index (χ2n) is 8.04. The zero-order valence-corrected chi connectivity index (χ0v) is 18.8. The van der Waals surface area contributed by atoms with Crippen molar-refractivity contribution in [2.45, 2.75) is 59.0 Å². The van der Waals surface area contributed by atoms with E-state index in [0.717, 1.165) is 11.1 Å². The van der Waals surface area contributed by atoms with Crippen LogP contribution in [0.4, 0.5) is 0 Å². The zero-order chi connectivity index (χ0) is 24.9. The van der Waals surface area contributed by atoms with E-state index in [-0.39, 0.29) is 12.0 Å². The van der Waals surface area contributed by atoms with E-state index in [4.69, 9.17) is 17.0 Å². The van der Waals surface area contributed by atoms with Crippen LogP contribution in [-0.4, -0.2) is 34.5 Å². The molecule has 6 heteroatoms. The number of hydrogen-bond acceptors (Lipinski definition) is 4. The Kier molecular flexibility index (Phi) is 6.99. The Labute approximate surface area is 191 Å². The number of aliphatic carboxylic acids is 1. The number of carboxylic acid groups (broad SMARTS) is 1. The minimum absolute atomic E-state index is 0.120. The summed E-state index contributed by atoms with van der Waals surface area (Å²) in [4.78, 5) is 25.4. The maximum absolute atomic E-state index is 13.5. The number of ether oxygens (including phenoxy) is 1. The van der Waals surface area contributed by atoms with Crippen LogP contribution in [0.15, 0.2) is 52.9 Å². The Bertz CT molecular complexity index is 1160. The molecule has 1 aromatic heterocycles. The second kappa shape index (κ2) is 10.8.